The summed E-state index contributed by atoms with van der Waals surface area (Å²) >= 11 is 17.3. The molecule has 1 rings (SSSR count). The molecule has 0 bridgehead atoms. The SMILES string of the molecule is COCC(Cl)CNS(=O)(=O)c1ccc(Cl)c(Cl)c1. The Bertz CT molecular complexity index is 507. The lowest BCUT2D eigenvalue weighted by Crippen LogP contribution is -2.31. The van der Waals surface area contributed by atoms with Gasteiger partial charge in [0.1, 0.15) is 0 Å². The lowest BCUT2D eigenvalue weighted by Gasteiger charge is -2.11. The first kappa shape index (κ1) is 16.0. The first-order valence-electron chi connectivity index (χ1n) is 4.94. The van der Waals surface area contributed by atoms with Gasteiger partial charge in [-0.15, -0.1) is 11.6 Å². The lowest BCUT2D eigenvalue weighted by molar-refractivity contribution is 0.198. The number of nitrogens with one attached hydrogen (secondary N) is 1. The van der Waals surface area contributed by atoms with Crippen LogP contribution >= 0.6 is 34.8 Å². The third-order valence-corrected chi connectivity index (χ3v) is 4.48. The zero-order chi connectivity index (χ0) is 13.8. The summed E-state index contributed by atoms with van der Waals surface area (Å²) < 4.78 is 31.0. The number of alkyl halides is 1. The second kappa shape index (κ2) is 6.93. The van der Waals surface area contributed by atoms with Crippen molar-refractivity contribution in [1.82, 2.24) is 4.72 Å². The van der Waals surface area contributed by atoms with Crippen molar-refractivity contribution in [3.63, 3.8) is 0 Å². The normalized spacial score (nSPS) is 13.6. The average Bonchev–Trinajstić information content (AvgIpc) is 2.30. The molecule has 0 fully saturated rings. The highest BCUT2D eigenvalue weighted by Crippen LogP contribution is 2.24. The minimum atomic E-state index is -3.65. The summed E-state index contributed by atoms with van der Waals surface area (Å²) in [4.78, 5) is 0.0400. The van der Waals surface area contributed by atoms with Gasteiger partial charge in [0.15, 0.2) is 0 Å². The van der Waals surface area contributed by atoms with E-state index < -0.39 is 15.4 Å². The molecule has 1 N–H and O–H groups in total. The van der Waals surface area contributed by atoms with E-state index in [9.17, 15) is 8.42 Å². The van der Waals surface area contributed by atoms with E-state index in [1.54, 1.807) is 0 Å². The maximum Gasteiger partial charge on any atom is 0.240 e. The van der Waals surface area contributed by atoms with Gasteiger partial charge in [0.2, 0.25) is 10.0 Å². The lowest BCUT2D eigenvalue weighted by atomic mass is 10.4. The number of benzene rings is 1. The minimum Gasteiger partial charge on any atom is -0.383 e. The molecule has 1 aromatic carbocycles. The second-order valence-electron chi connectivity index (χ2n) is 3.48. The summed E-state index contributed by atoms with van der Waals surface area (Å²) in [5.74, 6) is 0. The van der Waals surface area contributed by atoms with Gasteiger partial charge in [-0.25, -0.2) is 13.1 Å². The molecule has 0 aliphatic rings. The molecule has 0 spiro atoms. The summed E-state index contributed by atoms with van der Waals surface area (Å²) in [5.41, 5.74) is 0. The Morgan fingerprint density at radius 1 is 1.33 bits per heavy atom. The fourth-order valence-electron chi connectivity index (χ4n) is 1.17. The Hall–Kier alpha value is -0.0400. The van der Waals surface area contributed by atoms with Crippen LogP contribution in [0.2, 0.25) is 10.0 Å². The van der Waals surface area contributed by atoms with Crippen LogP contribution < -0.4 is 4.72 Å². The van der Waals surface area contributed by atoms with Crippen molar-refractivity contribution in [3.8, 4) is 0 Å². The van der Waals surface area contributed by atoms with Gasteiger partial charge in [0.25, 0.3) is 0 Å². The fourth-order valence-corrected chi connectivity index (χ4v) is 2.93. The highest BCUT2D eigenvalue weighted by Gasteiger charge is 2.17. The van der Waals surface area contributed by atoms with Crippen molar-refractivity contribution in [1.29, 1.82) is 0 Å². The Balaban J connectivity index is 2.77. The van der Waals surface area contributed by atoms with E-state index in [1.807, 2.05) is 0 Å². The number of sulfonamides is 1. The van der Waals surface area contributed by atoms with Crippen molar-refractivity contribution in [2.45, 2.75) is 10.3 Å². The Morgan fingerprint density at radius 2 is 2.00 bits per heavy atom. The van der Waals surface area contributed by atoms with Crippen molar-refractivity contribution in [3.05, 3.63) is 28.2 Å². The second-order valence-corrected chi connectivity index (χ2v) is 6.68. The highest BCUT2D eigenvalue weighted by atomic mass is 35.5. The smallest absolute Gasteiger partial charge is 0.240 e. The quantitative estimate of drug-likeness (QED) is 0.814. The van der Waals surface area contributed by atoms with E-state index >= 15 is 0 Å². The summed E-state index contributed by atoms with van der Waals surface area (Å²) in [6, 6.07) is 4.08. The van der Waals surface area contributed by atoms with Gasteiger partial charge in [-0.2, -0.15) is 0 Å². The Labute approximate surface area is 121 Å². The monoisotopic (exact) mass is 331 g/mol. The van der Waals surface area contributed by atoms with Gasteiger partial charge >= 0.3 is 0 Å². The number of methoxy groups -OCH3 is 1. The summed E-state index contributed by atoms with van der Waals surface area (Å²) in [7, 11) is -2.16. The van der Waals surface area contributed by atoms with Crippen LogP contribution in [0.1, 0.15) is 0 Å². The third-order valence-electron chi connectivity index (χ3n) is 2.04. The van der Waals surface area contributed by atoms with E-state index in [0.717, 1.165) is 0 Å². The first-order chi connectivity index (χ1) is 8.36. The van der Waals surface area contributed by atoms with Crippen LogP contribution in [0.5, 0.6) is 0 Å². The molecule has 0 saturated heterocycles. The van der Waals surface area contributed by atoms with Gasteiger partial charge < -0.3 is 4.74 Å². The van der Waals surface area contributed by atoms with Crippen LogP contribution in [0.3, 0.4) is 0 Å². The maximum atomic E-state index is 11.9. The molecule has 1 aromatic rings. The maximum absolute atomic E-state index is 11.9. The van der Waals surface area contributed by atoms with Crippen LogP contribution in [0.4, 0.5) is 0 Å². The summed E-state index contributed by atoms with van der Waals surface area (Å²) in [6.45, 7) is 0.323. The molecule has 1 atom stereocenters. The predicted octanol–water partition coefficient (Wildman–Crippen LogP) is 2.53. The van der Waals surface area contributed by atoms with Crippen molar-refractivity contribution in [2.75, 3.05) is 20.3 Å². The summed E-state index contributed by atoms with van der Waals surface area (Å²) in [5, 5.41) is 0.0385. The Morgan fingerprint density at radius 3 is 2.56 bits per heavy atom. The molecule has 0 radical (unpaired) electrons. The fraction of sp³-hybridized carbons (Fsp3) is 0.400. The van der Waals surface area contributed by atoms with Crippen LogP contribution in [0.15, 0.2) is 23.1 Å². The minimum absolute atomic E-state index is 0.0400. The molecular weight excluding hydrogens is 321 g/mol. The number of halogens is 3. The zero-order valence-corrected chi connectivity index (χ0v) is 12.6. The van der Waals surface area contributed by atoms with Gasteiger partial charge in [0.05, 0.1) is 26.9 Å². The molecular formula is C10H12Cl3NO3S. The molecule has 0 saturated carbocycles. The largest absolute Gasteiger partial charge is 0.383 e. The van der Waals surface area contributed by atoms with E-state index in [1.165, 1.54) is 25.3 Å². The van der Waals surface area contributed by atoms with Crippen molar-refractivity contribution < 1.29 is 13.2 Å². The molecule has 0 amide bonds. The topological polar surface area (TPSA) is 55.4 Å². The molecule has 0 heterocycles. The van der Waals surface area contributed by atoms with E-state index in [0.29, 0.717) is 5.02 Å². The van der Waals surface area contributed by atoms with Gasteiger partial charge in [-0.3, -0.25) is 0 Å². The van der Waals surface area contributed by atoms with Gasteiger partial charge in [-0.1, -0.05) is 23.2 Å². The number of rotatable bonds is 6. The van der Waals surface area contributed by atoms with Crippen LogP contribution in [-0.4, -0.2) is 34.1 Å². The summed E-state index contributed by atoms with van der Waals surface area (Å²) in [6.07, 6.45) is 0. The molecule has 1 unspecified atom stereocenters. The molecule has 102 valence electrons. The molecule has 0 aromatic heterocycles. The number of hydrogen-bond donors (Lipinski definition) is 1. The van der Waals surface area contributed by atoms with Crippen LogP contribution in [-0.2, 0) is 14.8 Å². The molecule has 4 nitrogen and oxygen atoms in total. The van der Waals surface area contributed by atoms with Gasteiger partial charge in [0, 0.05) is 13.7 Å². The van der Waals surface area contributed by atoms with E-state index in [2.05, 4.69) is 4.72 Å². The van der Waals surface area contributed by atoms with Crippen molar-refractivity contribution >= 4 is 44.8 Å². The predicted molar refractivity (Wildman–Crippen MR) is 73.2 cm³/mol. The number of hydrogen-bond acceptors (Lipinski definition) is 3. The molecule has 0 aliphatic carbocycles. The van der Waals surface area contributed by atoms with Crippen LogP contribution in [0.25, 0.3) is 0 Å². The average molecular weight is 333 g/mol. The number of ether oxygens (including phenoxy) is 1. The van der Waals surface area contributed by atoms with Crippen molar-refractivity contribution in [2.24, 2.45) is 0 Å². The third kappa shape index (κ3) is 4.57. The molecule has 18 heavy (non-hydrogen) atoms. The first-order valence-corrected chi connectivity index (χ1v) is 7.62. The van der Waals surface area contributed by atoms with E-state index in [-0.39, 0.29) is 23.1 Å². The molecule has 0 aliphatic heterocycles. The van der Waals surface area contributed by atoms with Crippen LogP contribution in [0, 0.1) is 0 Å². The highest BCUT2D eigenvalue weighted by molar-refractivity contribution is 7.89. The van der Waals surface area contributed by atoms with Gasteiger partial charge in [-0.05, 0) is 18.2 Å². The van der Waals surface area contributed by atoms with E-state index in [4.69, 9.17) is 39.5 Å². The standard InChI is InChI=1S/C10H12Cl3NO3S/c1-17-6-7(11)5-14-18(15,16)8-2-3-9(12)10(13)4-8/h2-4,7,14H,5-6H2,1H3. The Kier molecular flexibility index (Phi) is 6.17. The molecule has 8 heteroatoms. The zero-order valence-electron chi connectivity index (χ0n) is 9.49.